The van der Waals surface area contributed by atoms with Gasteiger partial charge in [0.25, 0.3) is 0 Å². The molecular formula is C14H19N3O. The molecule has 0 saturated heterocycles. The van der Waals surface area contributed by atoms with E-state index in [9.17, 15) is 0 Å². The highest BCUT2D eigenvalue weighted by Gasteiger charge is 2.08. The van der Waals surface area contributed by atoms with E-state index in [4.69, 9.17) is 4.74 Å². The third-order valence-corrected chi connectivity index (χ3v) is 3.21. The number of rotatable bonds is 4. The molecule has 0 atom stereocenters. The molecule has 0 aliphatic heterocycles. The van der Waals surface area contributed by atoms with E-state index >= 15 is 0 Å². The second kappa shape index (κ2) is 5.12. The monoisotopic (exact) mass is 245 g/mol. The SMILES string of the molecule is COc1c(C)ccc(NCc2cn[nH]c2C)c1C. The Morgan fingerprint density at radius 2 is 2.06 bits per heavy atom. The van der Waals surface area contributed by atoms with Gasteiger partial charge in [0.05, 0.1) is 13.3 Å². The van der Waals surface area contributed by atoms with Crippen LogP contribution in [0.2, 0.25) is 0 Å². The molecule has 1 aromatic heterocycles. The molecule has 0 amide bonds. The van der Waals surface area contributed by atoms with Gasteiger partial charge in [-0.3, -0.25) is 5.10 Å². The summed E-state index contributed by atoms with van der Waals surface area (Å²) in [6, 6.07) is 4.15. The number of aromatic nitrogens is 2. The summed E-state index contributed by atoms with van der Waals surface area (Å²) >= 11 is 0. The molecule has 0 fully saturated rings. The molecule has 0 saturated carbocycles. The largest absolute Gasteiger partial charge is 0.496 e. The molecule has 2 rings (SSSR count). The number of aromatic amines is 1. The van der Waals surface area contributed by atoms with Gasteiger partial charge in [0.15, 0.2) is 0 Å². The van der Waals surface area contributed by atoms with Crippen LogP contribution in [0.25, 0.3) is 0 Å². The molecule has 4 nitrogen and oxygen atoms in total. The first-order chi connectivity index (χ1) is 8.63. The number of aryl methyl sites for hydroxylation is 2. The van der Waals surface area contributed by atoms with Crippen LogP contribution in [-0.2, 0) is 6.54 Å². The van der Waals surface area contributed by atoms with E-state index in [0.717, 1.165) is 34.8 Å². The number of ether oxygens (including phenoxy) is 1. The number of hydrogen-bond donors (Lipinski definition) is 2. The fourth-order valence-corrected chi connectivity index (χ4v) is 2.08. The molecular weight excluding hydrogens is 226 g/mol. The van der Waals surface area contributed by atoms with Crippen LogP contribution in [0.4, 0.5) is 5.69 Å². The van der Waals surface area contributed by atoms with Crippen molar-refractivity contribution < 1.29 is 4.74 Å². The van der Waals surface area contributed by atoms with Crippen LogP contribution in [0.3, 0.4) is 0 Å². The normalized spacial score (nSPS) is 10.4. The van der Waals surface area contributed by atoms with Crippen molar-refractivity contribution >= 4 is 5.69 Å². The Kier molecular flexibility index (Phi) is 3.55. The Morgan fingerprint density at radius 3 is 2.67 bits per heavy atom. The van der Waals surface area contributed by atoms with Gasteiger partial charge in [-0.15, -0.1) is 0 Å². The highest BCUT2D eigenvalue weighted by Crippen LogP contribution is 2.29. The lowest BCUT2D eigenvalue weighted by Crippen LogP contribution is -2.03. The molecule has 1 heterocycles. The zero-order valence-corrected chi connectivity index (χ0v) is 11.3. The molecule has 0 unspecified atom stereocenters. The zero-order chi connectivity index (χ0) is 13.1. The summed E-state index contributed by atoms with van der Waals surface area (Å²) in [5.74, 6) is 0.948. The lowest BCUT2D eigenvalue weighted by Gasteiger charge is -2.14. The molecule has 2 aromatic rings. The summed E-state index contributed by atoms with van der Waals surface area (Å²) in [5, 5.41) is 10.4. The maximum Gasteiger partial charge on any atom is 0.126 e. The molecule has 0 spiro atoms. The van der Waals surface area contributed by atoms with Crippen molar-refractivity contribution in [2.45, 2.75) is 27.3 Å². The summed E-state index contributed by atoms with van der Waals surface area (Å²) in [6.07, 6.45) is 1.85. The van der Waals surface area contributed by atoms with Crippen molar-refractivity contribution in [1.29, 1.82) is 0 Å². The number of H-pyrrole nitrogens is 1. The van der Waals surface area contributed by atoms with Crippen molar-refractivity contribution in [2.75, 3.05) is 12.4 Å². The van der Waals surface area contributed by atoms with Gasteiger partial charge in [-0.25, -0.2) is 0 Å². The average Bonchev–Trinajstić information content (AvgIpc) is 2.75. The van der Waals surface area contributed by atoms with Crippen LogP contribution < -0.4 is 10.1 Å². The van der Waals surface area contributed by atoms with Gasteiger partial charge in [0, 0.05) is 29.1 Å². The lowest BCUT2D eigenvalue weighted by molar-refractivity contribution is 0.409. The molecule has 18 heavy (non-hydrogen) atoms. The van der Waals surface area contributed by atoms with Crippen molar-refractivity contribution in [1.82, 2.24) is 10.2 Å². The maximum absolute atomic E-state index is 5.42. The summed E-state index contributed by atoms with van der Waals surface area (Å²) in [6.45, 7) is 6.90. The highest BCUT2D eigenvalue weighted by molar-refractivity contribution is 5.59. The molecule has 0 aliphatic carbocycles. The Hall–Kier alpha value is -1.97. The molecule has 2 N–H and O–H groups in total. The van der Waals surface area contributed by atoms with Crippen LogP contribution in [0.5, 0.6) is 5.75 Å². The maximum atomic E-state index is 5.42. The van der Waals surface area contributed by atoms with E-state index in [1.165, 1.54) is 5.56 Å². The number of nitrogens with zero attached hydrogens (tertiary/aromatic N) is 1. The number of benzene rings is 1. The summed E-state index contributed by atoms with van der Waals surface area (Å²) < 4.78 is 5.42. The van der Waals surface area contributed by atoms with Crippen LogP contribution in [0.1, 0.15) is 22.4 Å². The van der Waals surface area contributed by atoms with Gasteiger partial charge in [0.2, 0.25) is 0 Å². The van der Waals surface area contributed by atoms with E-state index in [0.29, 0.717) is 0 Å². The van der Waals surface area contributed by atoms with Crippen LogP contribution >= 0.6 is 0 Å². The van der Waals surface area contributed by atoms with Crippen LogP contribution in [0, 0.1) is 20.8 Å². The van der Waals surface area contributed by atoms with Crippen molar-refractivity contribution in [3.63, 3.8) is 0 Å². The van der Waals surface area contributed by atoms with Crippen LogP contribution in [-0.4, -0.2) is 17.3 Å². The van der Waals surface area contributed by atoms with E-state index in [1.807, 2.05) is 13.1 Å². The molecule has 0 aliphatic rings. The predicted molar refractivity (Wildman–Crippen MR) is 73.1 cm³/mol. The first-order valence-electron chi connectivity index (χ1n) is 6.00. The number of anilines is 1. The highest BCUT2D eigenvalue weighted by atomic mass is 16.5. The van der Waals surface area contributed by atoms with Crippen molar-refractivity contribution in [3.8, 4) is 5.75 Å². The quantitative estimate of drug-likeness (QED) is 0.870. The minimum Gasteiger partial charge on any atom is -0.496 e. The molecule has 96 valence electrons. The fraction of sp³-hybridized carbons (Fsp3) is 0.357. The summed E-state index contributed by atoms with van der Waals surface area (Å²) in [5.41, 5.74) is 5.66. The lowest BCUT2D eigenvalue weighted by atomic mass is 10.1. The molecule has 4 heteroatoms. The Labute approximate surface area is 107 Å². The summed E-state index contributed by atoms with van der Waals surface area (Å²) in [7, 11) is 1.71. The third kappa shape index (κ3) is 2.32. The second-order valence-corrected chi connectivity index (χ2v) is 4.46. The first-order valence-corrected chi connectivity index (χ1v) is 6.00. The van der Waals surface area contributed by atoms with Gasteiger partial charge in [-0.05, 0) is 32.4 Å². The number of methoxy groups -OCH3 is 1. The molecule has 0 radical (unpaired) electrons. The molecule has 1 aromatic carbocycles. The average molecular weight is 245 g/mol. The first kappa shape index (κ1) is 12.5. The third-order valence-electron chi connectivity index (χ3n) is 3.21. The topological polar surface area (TPSA) is 49.9 Å². The summed E-state index contributed by atoms with van der Waals surface area (Å²) in [4.78, 5) is 0. The van der Waals surface area contributed by atoms with Gasteiger partial charge in [-0.1, -0.05) is 6.07 Å². The van der Waals surface area contributed by atoms with Gasteiger partial charge < -0.3 is 10.1 Å². The van der Waals surface area contributed by atoms with E-state index in [1.54, 1.807) is 7.11 Å². The Balaban J connectivity index is 2.18. The zero-order valence-electron chi connectivity index (χ0n) is 11.3. The Bertz CT molecular complexity index is 546. The Morgan fingerprint density at radius 1 is 1.28 bits per heavy atom. The predicted octanol–water partition coefficient (Wildman–Crippen LogP) is 2.96. The van der Waals surface area contributed by atoms with Crippen molar-refractivity contribution in [2.24, 2.45) is 0 Å². The van der Waals surface area contributed by atoms with E-state index in [2.05, 4.69) is 41.5 Å². The van der Waals surface area contributed by atoms with Crippen molar-refractivity contribution in [3.05, 3.63) is 40.7 Å². The molecule has 0 bridgehead atoms. The minimum absolute atomic E-state index is 0.759. The van der Waals surface area contributed by atoms with E-state index < -0.39 is 0 Å². The standard InChI is InChI=1S/C14H19N3O/c1-9-5-6-13(10(2)14(9)18-4)15-7-12-8-16-17-11(12)3/h5-6,8,15H,7H2,1-4H3,(H,16,17). The number of hydrogen-bond acceptors (Lipinski definition) is 3. The van der Waals surface area contributed by atoms with E-state index in [-0.39, 0.29) is 0 Å². The van der Waals surface area contributed by atoms with Gasteiger partial charge in [-0.2, -0.15) is 5.10 Å². The van der Waals surface area contributed by atoms with Gasteiger partial charge >= 0.3 is 0 Å². The minimum atomic E-state index is 0.759. The second-order valence-electron chi connectivity index (χ2n) is 4.46. The smallest absolute Gasteiger partial charge is 0.126 e. The van der Waals surface area contributed by atoms with Gasteiger partial charge in [0.1, 0.15) is 5.75 Å². The fourth-order valence-electron chi connectivity index (χ4n) is 2.08. The number of nitrogens with one attached hydrogen (secondary N) is 2. The van der Waals surface area contributed by atoms with Crippen LogP contribution in [0.15, 0.2) is 18.3 Å².